The van der Waals surface area contributed by atoms with Gasteiger partial charge in [0.15, 0.2) is 0 Å². The Balaban J connectivity index is 2.02. The van der Waals surface area contributed by atoms with Crippen molar-refractivity contribution in [2.24, 2.45) is 11.3 Å². The molecule has 0 aromatic heterocycles. The summed E-state index contributed by atoms with van der Waals surface area (Å²) in [6.07, 6.45) is 3.95. The molecule has 0 bridgehead atoms. The highest BCUT2D eigenvalue weighted by Crippen LogP contribution is 2.43. The average Bonchev–Trinajstić information content (AvgIpc) is 2.68. The van der Waals surface area contributed by atoms with Gasteiger partial charge in [-0.25, -0.2) is 0 Å². The first-order valence-corrected chi connectivity index (χ1v) is 9.01. The Labute approximate surface area is 159 Å². The minimum Gasteiger partial charge on any atom is -0.481 e. The number of aliphatic carboxylic acids is 1. The number of hydrogen-bond donors (Lipinski definition) is 2. The van der Waals surface area contributed by atoms with Gasteiger partial charge in [0.1, 0.15) is 0 Å². The molecule has 1 atom stereocenters. The molecule has 0 heterocycles. The van der Waals surface area contributed by atoms with Crippen molar-refractivity contribution in [3.05, 3.63) is 89.6 Å². The number of carbonyl (C=O) groups is 2. The third-order valence-electron chi connectivity index (χ3n) is 5.09. The second-order valence-electron chi connectivity index (χ2n) is 7.13. The molecule has 1 aliphatic carbocycles. The molecule has 1 amide bonds. The molecule has 1 aliphatic rings. The van der Waals surface area contributed by atoms with Crippen LogP contribution >= 0.6 is 0 Å². The lowest BCUT2D eigenvalue weighted by molar-refractivity contribution is -0.148. The smallest absolute Gasteiger partial charge is 0.314 e. The molecular formula is C23H23NO3. The van der Waals surface area contributed by atoms with Crippen LogP contribution in [0.4, 0.5) is 0 Å². The fourth-order valence-electron chi connectivity index (χ4n) is 3.38. The van der Waals surface area contributed by atoms with Gasteiger partial charge in [0.2, 0.25) is 0 Å². The first-order valence-electron chi connectivity index (χ1n) is 9.01. The summed E-state index contributed by atoms with van der Waals surface area (Å²) in [6.45, 7) is 3.80. The summed E-state index contributed by atoms with van der Waals surface area (Å²) in [5.74, 6) is -1.27. The number of allylic oxidation sites excluding steroid dienone is 2. The summed E-state index contributed by atoms with van der Waals surface area (Å²) in [7, 11) is 0. The molecule has 3 rings (SSSR count). The van der Waals surface area contributed by atoms with Gasteiger partial charge in [-0.3, -0.25) is 9.59 Å². The van der Waals surface area contributed by atoms with Gasteiger partial charge in [-0.1, -0.05) is 62.4 Å². The third-order valence-corrected chi connectivity index (χ3v) is 5.09. The number of nitrogens with one attached hydrogen (secondary N) is 1. The molecule has 138 valence electrons. The van der Waals surface area contributed by atoms with Crippen molar-refractivity contribution < 1.29 is 14.7 Å². The number of carboxylic acid groups (broad SMARTS) is 1. The topological polar surface area (TPSA) is 66.4 Å². The van der Waals surface area contributed by atoms with E-state index in [1.165, 1.54) is 0 Å². The first-order chi connectivity index (χ1) is 12.9. The predicted molar refractivity (Wildman–Crippen MR) is 106 cm³/mol. The van der Waals surface area contributed by atoms with E-state index in [0.717, 1.165) is 11.1 Å². The van der Waals surface area contributed by atoms with Crippen LogP contribution in [0.25, 0.3) is 5.57 Å². The van der Waals surface area contributed by atoms with E-state index < -0.39 is 11.4 Å². The van der Waals surface area contributed by atoms with Gasteiger partial charge >= 0.3 is 5.97 Å². The van der Waals surface area contributed by atoms with E-state index in [1.54, 1.807) is 30.3 Å². The standard InChI is InChI=1S/C23H23NO3/c1-16(2)23(22(26)27)14-19(17-9-5-3-6-10-17)13-20(15-23)24-21(25)18-11-7-4-8-12-18/h3-13,15-16H,14H2,1-2H3,(H,24,25)(H,26,27). The van der Waals surface area contributed by atoms with Crippen molar-refractivity contribution in [3.8, 4) is 0 Å². The quantitative estimate of drug-likeness (QED) is 0.823. The van der Waals surface area contributed by atoms with E-state index in [2.05, 4.69) is 5.32 Å². The van der Waals surface area contributed by atoms with Gasteiger partial charge in [0, 0.05) is 11.3 Å². The first kappa shape index (κ1) is 18.6. The van der Waals surface area contributed by atoms with E-state index in [4.69, 9.17) is 0 Å². The minimum absolute atomic E-state index is 0.133. The van der Waals surface area contributed by atoms with Crippen LogP contribution in [0.15, 0.2) is 78.5 Å². The Hall–Kier alpha value is -3.14. The Bertz CT molecular complexity index is 898. The molecular weight excluding hydrogens is 338 g/mol. The number of hydrogen-bond acceptors (Lipinski definition) is 2. The molecule has 0 aliphatic heterocycles. The van der Waals surface area contributed by atoms with E-state index in [0.29, 0.717) is 17.7 Å². The van der Waals surface area contributed by atoms with Crippen LogP contribution in [0.5, 0.6) is 0 Å². The maximum Gasteiger partial charge on any atom is 0.314 e. The lowest BCUT2D eigenvalue weighted by Gasteiger charge is -2.35. The molecule has 2 N–H and O–H groups in total. The molecule has 0 spiro atoms. The van der Waals surface area contributed by atoms with Gasteiger partial charge in [0.05, 0.1) is 5.41 Å². The second-order valence-corrected chi connectivity index (χ2v) is 7.13. The van der Waals surface area contributed by atoms with E-state index in [9.17, 15) is 14.7 Å². The molecule has 0 saturated carbocycles. The van der Waals surface area contributed by atoms with Crippen molar-refractivity contribution >= 4 is 17.4 Å². The summed E-state index contributed by atoms with van der Waals surface area (Å²) in [5, 5.41) is 12.9. The molecule has 4 heteroatoms. The summed E-state index contributed by atoms with van der Waals surface area (Å²) < 4.78 is 0. The van der Waals surface area contributed by atoms with Gasteiger partial charge in [-0.15, -0.1) is 0 Å². The average molecular weight is 361 g/mol. The van der Waals surface area contributed by atoms with E-state index in [1.807, 2.05) is 56.3 Å². The number of carbonyl (C=O) groups excluding carboxylic acids is 1. The zero-order chi connectivity index (χ0) is 19.4. The highest BCUT2D eigenvalue weighted by molar-refractivity contribution is 5.96. The van der Waals surface area contributed by atoms with Crippen LogP contribution in [-0.2, 0) is 4.79 Å². The molecule has 0 radical (unpaired) electrons. The molecule has 0 saturated heterocycles. The fraction of sp³-hybridized carbons (Fsp3) is 0.217. The highest BCUT2D eigenvalue weighted by Gasteiger charge is 2.42. The predicted octanol–water partition coefficient (Wildman–Crippen LogP) is 4.51. The molecule has 2 aromatic rings. The van der Waals surface area contributed by atoms with Crippen LogP contribution in [0.1, 0.15) is 36.2 Å². The number of benzene rings is 2. The summed E-state index contributed by atoms with van der Waals surface area (Å²) >= 11 is 0. The molecule has 0 fully saturated rings. The van der Waals surface area contributed by atoms with Crippen LogP contribution in [-0.4, -0.2) is 17.0 Å². The highest BCUT2D eigenvalue weighted by atomic mass is 16.4. The van der Waals surface area contributed by atoms with Gasteiger partial charge in [0.25, 0.3) is 5.91 Å². The SMILES string of the molecule is CC(C)C1(C(=O)O)C=C(NC(=O)c2ccccc2)C=C(c2ccccc2)C1. The number of rotatable bonds is 5. The minimum atomic E-state index is -1.07. The molecule has 1 unspecified atom stereocenters. The fourth-order valence-corrected chi connectivity index (χ4v) is 3.38. The lowest BCUT2D eigenvalue weighted by Crippen LogP contribution is -2.38. The maximum atomic E-state index is 12.6. The van der Waals surface area contributed by atoms with Crippen molar-refractivity contribution in [1.82, 2.24) is 5.32 Å². The zero-order valence-corrected chi connectivity index (χ0v) is 15.5. The Morgan fingerprint density at radius 3 is 2.15 bits per heavy atom. The van der Waals surface area contributed by atoms with Crippen LogP contribution in [0.3, 0.4) is 0 Å². The van der Waals surface area contributed by atoms with Gasteiger partial charge in [-0.05, 0) is 47.8 Å². The van der Waals surface area contributed by atoms with Crippen molar-refractivity contribution in [3.63, 3.8) is 0 Å². The van der Waals surface area contributed by atoms with Crippen LogP contribution in [0, 0.1) is 11.3 Å². The van der Waals surface area contributed by atoms with E-state index >= 15 is 0 Å². The van der Waals surface area contributed by atoms with Crippen molar-refractivity contribution in [2.45, 2.75) is 20.3 Å². The summed E-state index contributed by atoms with van der Waals surface area (Å²) in [5.41, 5.74) is 1.84. The lowest BCUT2D eigenvalue weighted by atomic mass is 9.69. The van der Waals surface area contributed by atoms with E-state index in [-0.39, 0.29) is 11.8 Å². The maximum absolute atomic E-state index is 12.6. The normalized spacial score (nSPS) is 19.2. The molecule has 2 aromatic carbocycles. The van der Waals surface area contributed by atoms with Crippen molar-refractivity contribution in [1.29, 1.82) is 0 Å². The third kappa shape index (κ3) is 3.85. The largest absolute Gasteiger partial charge is 0.481 e. The second kappa shape index (κ2) is 7.62. The Morgan fingerprint density at radius 1 is 1.00 bits per heavy atom. The summed E-state index contributed by atoms with van der Waals surface area (Å²) in [4.78, 5) is 24.8. The Morgan fingerprint density at radius 2 is 1.59 bits per heavy atom. The van der Waals surface area contributed by atoms with Crippen LogP contribution < -0.4 is 5.32 Å². The van der Waals surface area contributed by atoms with Crippen molar-refractivity contribution in [2.75, 3.05) is 0 Å². The summed E-state index contributed by atoms with van der Waals surface area (Å²) in [6, 6.07) is 18.6. The molecule has 4 nitrogen and oxygen atoms in total. The van der Waals surface area contributed by atoms with Gasteiger partial charge < -0.3 is 10.4 Å². The number of carboxylic acids is 1. The van der Waals surface area contributed by atoms with Gasteiger partial charge in [-0.2, -0.15) is 0 Å². The monoisotopic (exact) mass is 361 g/mol. The zero-order valence-electron chi connectivity index (χ0n) is 15.5. The number of amides is 1. The van der Waals surface area contributed by atoms with Crippen LogP contribution in [0.2, 0.25) is 0 Å². The molecule has 27 heavy (non-hydrogen) atoms. The Kier molecular flexibility index (Phi) is 5.26.